The summed E-state index contributed by atoms with van der Waals surface area (Å²) in [6, 6.07) is 0.523. The van der Waals surface area contributed by atoms with E-state index in [1.54, 1.807) is 0 Å². The van der Waals surface area contributed by atoms with Crippen LogP contribution >= 0.6 is 0 Å². The van der Waals surface area contributed by atoms with Gasteiger partial charge in [-0.15, -0.1) is 0 Å². The van der Waals surface area contributed by atoms with E-state index in [4.69, 9.17) is 4.74 Å². The topological polar surface area (TPSA) is 29.5 Å². The lowest BCUT2D eigenvalue weighted by Crippen LogP contribution is -2.36. The summed E-state index contributed by atoms with van der Waals surface area (Å²) in [5.41, 5.74) is 0. The van der Waals surface area contributed by atoms with Crippen molar-refractivity contribution in [1.29, 1.82) is 0 Å². The molecule has 16 heavy (non-hydrogen) atoms. The first-order valence-electron chi connectivity index (χ1n) is 6.51. The van der Waals surface area contributed by atoms with Crippen molar-refractivity contribution in [2.45, 2.75) is 58.9 Å². The van der Waals surface area contributed by atoms with E-state index in [0.717, 1.165) is 6.42 Å². The molecule has 0 saturated heterocycles. The van der Waals surface area contributed by atoms with Crippen LogP contribution < -0.4 is 0 Å². The van der Waals surface area contributed by atoms with Gasteiger partial charge in [0.15, 0.2) is 0 Å². The van der Waals surface area contributed by atoms with E-state index in [-0.39, 0.29) is 5.97 Å². The van der Waals surface area contributed by atoms with Crippen molar-refractivity contribution in [3.05, 3.63) is 0 Å². The van der Waals surface area contributed by atoms with Gasteiger partial charge in [0.1, 0.15) is 0 Å². The van der Waals surface area contributed by atoms with Gasteiger partial charge in [-0.05, 0) is 26.8 Å². The highest BCUT2D eigenvalue weighted by Gasteiger charge is 2.16. The molecule has 0 radical (unpaired) electrons. The summed E-state index contributed by atoms with van der Waals surface area (Å²) in [5, 5.41) is 0. The zero-order valence-electron chi connectivity index (χ0n) is 11.3. The third kappa shape index (κ3) is 6.83. The molecule has 3 nitrogen and oxygen atoms in total. The van der Waals surface area contributed by atoms with Crippen molar-refractivity contribution in [2.24, 2.45) is 0 Å². The van der Waals surface area contributed by atoms with Gasteiger partial charge >= 0.3 is 5.97 Å². The van der Waals surface area contributed by atoms with Crippen LogP contribution in [0.5, 0.6) is 0 Å². The second kappa shape index (κ2) is 9.64. The Morgan fingerprint density at radius 3 is 2.38 bits per heavy atom. The van der Waals surface area contributed by atoms with Gasteiger partial charge in [-0.3, -0.25) is 9.69 Å². The molecular formula is C13H27NO2. The molecule has 0 N–H and O–H groups in total. The van der Waals surface area contributed by atoms with Crippen LogP contribution in [0.3, 0.4) is 0 Å². The molecule has 0 aliphatic carbocycles. The van der Waals surface area contributed by atoms with Crippen molar-refractivity contribution in [1.82, 2.24) is 4.90 Å². The molecular weight excluding hydrogens is 202 g/mol. The van der Waals surface area contributed by atoms with Crippen LogP contribution in [0.2, 0.25) is 0 Å². The number of nitrogens with zero attached hydrogens (tertiary/aromatic N) is 1. The van der Waals surface area contributed by atoms with Gasteiger partial charge in [-0.2, -0.15) is 0 Å². The minimum absolute atomic E-state index is 0.109. The summed E-state index contributed by atoms with van der Waals surface area (Å²) in [4.78, 5) is 13.5. The lowest BCUT2D eigenvalue weighted by atomic mass is 10.0. The van der Waals surface area contributed by atoms with Crippen LogP contribution in [0, 0.1) is 0 Å². The first kappa shape index (κ1) is 15.4. The first-order valence-corrected chi connectivity index (χ1v) is 6.51. The van der Waals surface area contributed by atoms with Crippen molar-refractivity contribution < 1.29 is 9.53 Å². The molecule has 0 amide bonds. The molecule has 0 fully saturated rings. The summed E-state index contributed by atoms with van der Waals surface area (Å²) in [6.45, 7) is 7.13. The second-order valence-electron chi connectivity index (χ2n) is 4.30. The van der Waals surface area contributed by atoms with E-state index in [9.17, 15) is 4.79 Å². The molecule has 0 heterocycles. The van der Waals surface area contributed by atoms with Crippen molar-refractivity contribution >= 4 is 5.97 Å². The maximum Gasteiger partial charge on any atom is 0.320 e. The van der Waals surface area contributed by atoms with Crippen molar-refractivity contribution in [3.63, 3.8) is 0 Å². The average Bonchev–Trinajstić information content (AvgIpc) is 2.24. The Kier molecular flexibility index (Phi) is 9.30. The van der Waals surface area contributed by atoms with Crippen LogP contribution in [0.25, 0.3) is 0 Å². The van der Waals surface area contributed by atoms with Crippen LogP contribution in [0.1, 0.15) is 52.9 Å². The Morgan fingerprint density at radius 1 is 1.19 bits per heavy atom. The third-order valence-electron chi connectivity index (χ3n) is 2.82. The minimum atomic E-state index is -0.109. The molecule has 0 rings (SSSR count). The van der Waals surface area contributed by atoms with E-state index < -0.39 is 0 Å². The van der Waals surface area contributed by atoms with Crippen LogP contribution in [0.15, 0.2) is 0 Å². The molecule has 96 valence electrons. The molecule has 0 aliphatic rings. The Labute approximate surface area is 100 Å². The molecule has 3 heteroatoms. The number of esters is 1. The number of ether oxygens (including phenoxy) is 1. The quantitative estimate of drug-likeness (QED) is 0.569. The number of hydrogen-bond donors (Lipinski definition) is 0. The zero-order valence-corrected chi connectivity index (χ0v) is 11.3. The van der Waals surface area contributed by atoms with Gasteiger partial charge in [0, 0.05) is 6.04 Å². The van der Waals surface area contributed by atoms with E-state index in [1.165, 1.54) is 25.7 Å². The van der Waals surface area contributed by atoms with Gasteiger partial charge in [-0.1, -0.05) is 33.1 Å². The molecule has 1 unspecified atom stereocenters. The lowest BCUT2D eigenvalue weighted by molar-refractivity contribution is -0.144. The van der Waals surface area contributed by atoms with Crippen molar-refractivity contribution in [3.8, 4) is 0 Å². The fourth-order valence-corrected chi connectivity index (χ4v) is 1.90. The number of carbonyl (C=O) groups is 1. The summed E-state index contributed by atoms with van der Waals surface area (Å²) in [5.74, 6) is -0.109. The standard InChI is InChI=1S/C13H27NO2/c1-5-8-10-12(9-6-2)14(4)11-13(15)16-7-3/h12H,5-11H2,1-4H3. The lowest BCUT2D eigenvalue weighted by Gasteiger charge is -2.26. The molecule has 0 aromatic carbocycles. The number of likely N-dealkylation sites (N-methyl/N-ethyl adjacent to an activating group) is 1. The predicted octanol–water partition coefficient (Wildman–Crippen LogP) is 2.84. The van der Waals surface area contributed by atoms with Gasteiger partial charge < -0.3 is 4.74 Å². The summed E-state index contributed by atoms with van der Waals surface area (Å²) >= 11 is 0. The van der Waals surface area contributed by atoms with E-state index >= 15 is 0 Å². The van der Waals surface area contributed by atoms with Crippen LogP contribution in [-0.2, 0) is 9.53 Å². The summed E-state index contributed by atoms with van der Waals surface area (Å²) in [7, 11) is 2.02. The molecule has 0 aromatic heterocycles. The molecule has 0 aliphatic heterocycles. The number of unbranched alkanes of at least 4 members (excludes halogenated alkanes) is 1. The Hall–Kier alpha value is -0.570. The van der Waals surface area contributed by atoms with Gasteiger partial charge in [0.05, 0.1) is 13.2 Å². The van der Waals surface area contributed by atoms with Crippen molar-refractivity contribution in [2.75, 3.05) is 20.2 Å². The zero-order chi connectivity index (χ0) is 12.4. The first-order chi connectivity index (χ1) is 7.65. The Morgan fingerprint density at radius 2 is 1.88 bits per heavy atom. The molecule has 0 aromatic rings. The Bertz CT molecular complexity index is 183. The monoisotopic (exact) mass is 229 g/mol. The fraction of sp³-hybridized carbons (Fsp3) is 0.923. The van der Waals surface area contributed by atoms with Crippen LogP contribution in [-0.4, -0.2) is 37.1 Å². The number of hydrogen-bond acceptors (Lipinski definition) is 3. The Balaban J connectivity index is 4.03. The number of rotatable bonds is 9. The maximum atomic E-state index is 11.4. The highest BCUT2D eigenvalue weighted by Crippen LogP contribution is 2.12. The number of carbonyl (C=O) groups excluding carboxylic acids is 1. The van der Waals surface area contributed by atoms with Crippen LogP contribution in [0.4, 0.5) is 0 Å². The van der Waals surface area contributed by atoms with E-state index in [1.807, 2.05) is 14.0 Å². The van der Waals surface area contributed by atoms with E-state index in [2.05, 4.69) is 18.7 Å². The summed E-state index contributed by atoms with van der Waals surface area (Å²) < 4.78 is 4.96. The summed E-state index contributed by atoms with van der Waals surface area (Å²) in [6.07, 6.45) is 5.96. The van der Waals surface area contributed by atoms with Gasteiger partial charge in [-0.25, -0.2) is 0 Å². The normalized spacial score (nSPS) is 12.8. The maximum absolute atomic E-state index is 11.4. The SMILES string of the molecule is CCCCC(CCC)N(C)CC(=O)OCC. The highest BCUT2D eigenvalue weighted by molar-refractivity contribution is 5.71. The molecule has 0 saturated carbocycles. The second-order valence-corrected chi connectivity index (χ2v) is 4.30. The smallest absolute Gasteiger partial charge is 0.320 e. The highest BCUT2D eigenvalue weighted by atomic mass is 16.5. The molecule has 0 spiro atoms. The predicted molar refractivity (Wildman–Crippen MR) is 67.5 cm³/mol. The fourth-order valence-electron chi connectivity index (χ4n) is 1.90. The minimum Gasteiger partial charge on any atom is -0.465 e. The molecule has 1 atom stereocenters. The molecule has 0 bridgehead atoms. The average molecular weight is 229 g/mol. The largest absolute Gasteiger partial charge is 0.465 e. The van der Waals surface area contributed by atoms with Gasteiger partial charge in [0.2, 0.25) is 0 Å². The van der Waals surface area contributed by atoms with Gasteiger partial charge in [0.25, 0.3) is 0 Å². The van der Waals surface area contributed by atoms with E-state index in [0.29, 0.717) is 19.2 Å². The third-order valence-corrected chi connectivity index (χ3v) is 2.82.